The molecule has 0 aromatic carbocycles. The summed E-state index contributed by atoms with van der Waals surface area (Å²) >= 11 is 0. The van der Waals surface area contributed by atoms with E-state index in [0.717, 1.165) is 0 Å². The second kappa shape index (κ2) is 3.91. The molecule has 1 N–H and O–H groups in total. The standard InChI is InChI=1S/C10H8N6O2/c1-18-7-3-2-4-16-9(7)11-5-6(10(16)17)8-12-14-15-13-8/h2-5H,1H3,(H,12,13,14,15). The summed E-state index contributed by atoms with van der Waals surface area (Å²) in [5.41, 5.74) is 0.437. The predicted octanol–water partition coefficient (Wildman–Crippen LogP) is -0.117. The van der Waals surface area contributed by atoms with Crippen LogP contribution in [-0.4, -0.2) is 37.1 Å². The maximum absolute atomic E-state index is 12.2. The molecule has 3 aromatic rings. The van der Waals surface area contributed by atoms with E-state index in [2.05, 4.69) is 25.6 Å². The fourth-order valence-corrected chi connectivity index (χ4v) is 1.67. The van der Waals surface area contributed by atoms with Gasteiger partial charge in [0.25, 0.3) is 5.56 Å². The number of tetrazole rings is 1. The van der Waals surface area contributed by atoms with E-state index in [4.69, 9.17) is 4.74 Å². The average molecular weight is 244 g/mol. The van der Waals surface area contributed by atoms with Gasteiger partial charge in [0.05, 0.1) is 7.11 Å². The van der Waals surface area contributed by atoms with Gasteiger partial charge in [0.15, 0.2) is 11.4 Å². The second-order valence-corrected chi connectivity index (χ2v) is 3.48. The third kappa shape index (κ3) is 1.43. The summed E-state index contributed by atoms with van der Waals surface area (Å²) in [5.74, 6) is 0.735. The van der Waals surface area contributed by atoms with Gasteiger partial charge in [-0.25, -0.2) is 4.98 Å². The topological polar surface area (TPSA) is 98.1 Å². The highest BCUT2D eigenvalue weighted by Gasteiger charge is 2.12. The number of hydrogen-bond acceptors (Lipinski definition) is 6. The minimum atomic E-state index is -0.277. The van der Waals surface area contributed by atoms with Crippen LogP contribution in [0.3, 0.4) is 0 Å². The molecule has 3 rings (SSSR count). The van der Waals surface area contributed by atoms with E-state index in [0.29, 0.717) is 11.4 Å². The number of rotatable bonds is 2. The zero-order valence-electron chi connectivity index (χ0n) is 9.36. The van der Waals surface area contributed by atoms with Crippen molar-refractivity contribution in [2.24, 2.45) is 0 Å². The lowest BCUT2D eigenvalue weighted by Crippen LogP contribution is -2.17. The van der Waals surface area contributed by atoms with Crippen molar-refractivity contribution >= 4 is 5.65 Å². The Morgan fingerprint density at radius 2 is 2.33 bits per heavy atom. The summed E-state index contributed by atoms with van der Waals surface area (Å²) in [7, 11) is 1.52. The maximum atomic E-state index is 12.2. The lowest BCUT2D eigenvalue weighted by molar-refractivity contribution is 0.416. The molecule has 0 saturated carbocycles. The van der Waals surface area contributed by atoms with Crippen LogP contribution in [0.5, 0.6) is 5.75 Å². The van der Waals surface area contributed by atoms with E-state index >= 15 is 0 Å². The summed E-state index contributed by atoms with van der Waals surface area (Å²) in [6, 6.07) is 3.44. The van der Waals surface area contributed by atoms with E-state index in [1.165, 1.54) is 17.7 Å². The number of nitrogens with one attached hydrogen (secondary N) is 1. The smallest absolute Gasteiger partial charge is 0.269 e. The average Bonchev–Trinajstić information content (AvgIpc) is 2.92. The number of pyridine rings is 1. The molecule has 0 unspecified atom stereocenters. The monoisotopic (exact) mass is 244 g/mol. The van der Waals surface area contributed by atoms with Gasteiger partial charge < -0.3 is 4.74 Å². The number of hydrogen-bond donors (Lipinski definition) is 1. The number of nitrogens with zero attached hydrogens (tertiary/aromatic N) is 5. The van der Waals surface area contributed by atoms with Crippen molar-refractivity contribution in [3.05, 3.63) is 34.9 Å². The van der Waals surface area contributed by atoms with Crippen LogP contribution < -0.4 is 10.3 Å². The number of fused-ring (bicyclic) bond motifs is 1. The molecule has 0 aliphatic rings. The van der Waals surface area contributed by atoms with Gasteiger partial charge in [-0.05, 0) is 17.3 Å². The van der Waals surface area contributed by atoms with Gasteiger partial charge >= 0.3 is 0 Å². The molecule has 0 aliphatic heterocycles. The zero-order chi connectivity index (χ0) is 12.5. The van der Waals surface area contributed by atoms with E-state index in [1.54, 1.807) is 18.3 Å². The van der Waals surface area contributed by atoms with Gasteiger partial charge in [-0.2, -0.15) is 5.21 Å². The highest BCUT2D eigenvalue weighted by molar-refractivity contribution is 5.58. The Bertz CT molecular complexity index is 749. The van der Waals surface area contributed by atoms with Gasteiger partial charge in [0, 0.05) is 12.4 Å². The molecule has 3 heterocycles. The molecule has 0 radical (unpaired) electrons. The molecule has 0 aliphatic carbocycles. The van der Waals surface area contributed by atoms with E-state index in [9.17, 15) is 4.79 Å². The number of ether oxygens (including phenoxy) is 1. The van der Waals surface area contributed by atoms with Gasteiger partial charge in [-0.1, -0.05) is 0 Å². The minimum absolute atomic E-state index is 0.213. The normalized spacial score (nSPS) is 10.7. The van der Waals surface area contributed by atoms with E-state index in [1.807, 2.05) is 0 Å². The highest BCUT2D eigenvalue weighted by atomic mass is 16.5. The molecule has 8 heteroatoms. The summed E-state index contributed by atoms with van der Waals surface area (Å²) in [6.07, 6.45) is 3.02. The van der Waals surface area contributed by atoms with Gasteiger partial charge in [0.2, 0.25) is 5.82 Å². The first-order valence-electron chi connectivity index (χ1n) is 5.09. The van der Waals surface area contributed by atoms with Crippen molar-refractivity contribution in [1.82, 2.24) is 30.0 Å². The third-order valence-electron chi connectivity index (χ3n) is 2.50. The Kier molecular flexibility index (Phi) is 2.26. The van der Waals surface area contributed by atoms with Crippen LogP contribution in [0, 0.1) is 0 Å². The van der Waals surface area contributed by atoms with Crippen LogP contribution >= 0.6 is 0 Å². The summed E-state index contributed by atoms with van der Waals surface area (Å²) in [5, 5.41) is 13.2. The Hall–Kier alpha value is -2.77. The number of methoxy groups -OCH3 is 1. The van der Waals surface area contributed by atoms with Crippen LogP contribution in [0.15, 0.2) is 29.3 Å². The summed E-state index contributed by atoms with van der Waals surface area (Å²) in [4.78, 5) is 16.4. The quantitative estimate of drug-likeness (QED) is 0.675. The SMILES string of the molecule is COc1cccn2c(=O)c(-c3nn[nH]n3)cnc12. The molecule has 0 saturated heterocycles. The molecule has 0 spiro atoms. The molecule has 3 aromatic heterocycles. The number of aromatic nitrogens is 6. The van der Waals surface area contributed by atoms with Crippen molar-refractivity contribution in [3.63, 3.8) is 0 Å². The first-order valence-corrected chi connectivity index (χ1v) is 5.09. The van der Waals surface area contributed by atoms with Crippen LogP contribution in [0.1, 0.15) is 0 Å². The van der Waals surface area contributed by atoms with Gasteiger partial charge in [0.1, 0.15) is 5.56 Å². The largest absolute Gasteiger partial charge is 0.493 e. The molecular weight excluding hydrogens is 236 g/mol. The first-order chi connectivity index (χ1) is 8.81. The second-order valence-electron chi connectivity index (χ2n) is 3.48. The van der Waals surface area contributed by atoms with E-state index in [-0.39, 0.29) is 16.9 Å². The van der Waals surface area contributed by atoms with Crippen molar-refractivity contribution in [2.75, 3.05) is 7.11 Å². The fourth-order valence-electron chi connectivity index (χ4n) is 1.67. The van der Waals surface area contributed by atoms with Crippen molar-refractivity contribution in [3.8, 4) is 17.1 Å². The Morgan fingerprint density at radius 1 is 1.44 bits per heavy atom. The molecule has 18 heavy (non-hydrogen) atoms. The van der Waals surface area contributed by atoms with Crippen LogP contribution in [0.2, 0.25) is 0 Å². The molecule has 8 nitrogen and oxygen atoms in total. The molecule has 0 fully saturated rings. The maximum Gasteiger partial charge on any atom is 0.269 e. The predicted molar refractivity (Wildman–Crippen MR) is 61.2 cm³/mol. The van der Waals surface area contributed by atoms with Crippen molar-refractivity contribution in [2.45, 2.75) is 0 Å². The Balaban J connectivity index is 2.34. The fraction of sp³-hybridized carbons (Fsp3) is 0.100. The number of H-pyrrole nitrogens is 1. The highest BCUT2D eigenvalue weighted by Crippen LogP contribution is 2.16. The zero-order valence-corrected chi connectivity index (χ0v) is 9.36. The Labute approximate surface area is 100 Å². The van der Waals surface area contributed by atoms with E-state index < -0.39 is 0 Å². The lowest BCUT2D eigenvalue weighted by atomic mass is 10.3. The molecule has 0 bridgehead atoms. The van der Waals surface area contributed by atoms with Crippen molar-refractivity contribution < 1.29 is 4.74 Å². The first kappa shape index (κ1) is 10.4. The molecule has 0 amide bonds. The van der Waals surface area contributed by atoms with Gasteiger partial charge in [-0.15, -0.1) is 10.2 Å². The van der Waals surface area contributed by atoms with Crippen molar-refractivity contribution in [1.29, 1.82) is 0 Å². The van der Waals surface area contributed by atoms with Crippen LogP contribution in [0.25, 0.3) is 17.0 Å². The summed E-state index contributed by atoms with van der Waals surface area (Å²) < 4.78 is 6.52. The molecule has 0 atom stereocenters. The third-order valence-corrected chi connectivity index (χ3v) is 2.50. The van der Waals surface area contributed by atoms with Gasteiger partial charge in [-0.3, -0.25) is 9.20 Å². The number of aromatic amines is 1. The van der Waals surface area contributed by atoms with Crippen LogP contribution in [-0.2, 0) is 0 Å². The summed E-state index contributed by atoms with van der Waals surface area (Å²) in [6.45, 7) is 0. The van der Waals surface area contributed by atoms with Crippen LogP contribution in [0.4, 0.5) is 0 Å². The lowest BCUT2D eigenvalue weighted by Gasteiger charge is -2.05. The molecule has 90 valence electrons. The Morgan fingerprint density at radius 3 is 3.06 bits per heavy atom. The molecular formula is C10H8N6O2. The minimum Gasteiger partial charge on any atom is -0.493 e.